The van der Waals surface area contributed by atoms with Crippen LogP contribution in [0.15, 0.2) is 42.5 Å². The first kappa shape index (κ1) is 20.9. The second kappa shape index (κ2) is 10.1. The molecule has 1 aromatic heterocycles. The number of nitrogens with one attached hydrogen (secondary N) is 1. The van der Waals surface area contributed by atoms with Crippen molar-refractivity contribution < 1.29 is 8.78 Å². The number of halogens is 2. The SMILES string of the molecule is CCN(CC)CCCNc1nc(/C=C/c2ccc(F)c(F)c2)nc2ccccc12. The molecule has 3 rings (SSSR count). The lowest BCUT2D eigenvalue weighted by Gasteiger charge is -2.18. The number of nitrogens with zero attached hydrogens (tertiary/aromatic N) is 3. The minimum absolute atomic E-state index is 0.514. The van der Waals surface area contributed by atoms with Crippen molar-refractivity contribution in [3.63, 3.8) is 0 Å². The predicted molar refractivity (Wildman–Crippen MR) is 116 cm³/mol. The summed E-state index contributed by atoms with van der Waals surface area (Å²) in [5.74, 6) is -0.442. The third-order valence-corrected chi connectivity index (χ3v) is 4.83. The van der Waals surface area contributed by atoms with Gasteiger partial charge in [0.15, 0.2) is 17.5 Å². The number of aromatic nitrogens is 2. The quantitative estimate of drug-likeness (QED) is 0.503. The van der Waals surface area contributed by atoms with Gasteiger partial charge in [0.05, 0.1) is 5.52 Å². The molecule has 0 fully saturated rings. The third kappa shape index (κ3) is 5.57. The first-order valence-electron chi connectivity index (χ1n) is 9.96. The molecule has 29 heavy (non-hydrogen) atoms. The van der Waals surface area contributed by atoms with E-state index in [0.29, 0.717) is 11.4 Å². The van der Waals surface area contributed by atoms with Crippen LogP contribution in [0, 0.1) is 11.6 Å². The third-order valence-electron chi connectivity index (χ3n) is 4.83. The minimum atomic E-state index is -0.873. The molecule has 0 spiro atoms. The van der Waals surface area contributed by atoms with Crippen LogP contribution in [0.1, 0.15) is 31.7 Å². The highest BCUT2D eigenvalue weighted by Gasteiger charge is 2.07. The smallest absolute Gasteiger partial charge is 0.159 e. The lowest BCUT2D eigenvalue weighted by molar-refractivity contribution is 0.303. The average Bonchev–Trinajstić information content (AvgIpc) is 2.74. The Morgan fingerprint density at radius 3 is 2.52 bits per heavy atom. The van der Waals surface area contributed by atoms with Crippen LogP contribution in [-0.4, -0.2) is 41.0 Å². The van der Waals surface area contributed by atoms with Gasteiger partial charge in [-0.25, -0.2) is 18.7 Å². The van der Waals surface area contributed by atoms with Crippen LogP contribution in [0.4, 0.5) is 14.6 Å². The fraction of sp³-hybridized carbons (Fsp3) is 0.304. The highest BCUT2D eigenvalue weighted by atomic mass is 19.2. The molecule has 0 saturated heterocycles. The van der Waals surface area contributed by atoms with Crippen molar-refractivity contribution in [1.29, 1.82) is 0 Å². The Balaban J connectivity index is 1.78. The van der Waals surface area contributed by atoms with Gasteiger partial charge in [0.25, 0.3) is 0 Å². The number of fused-ring (bicyclic) bond motifs is 1. The molecule has 0 saturated carbocycles. The second-order valence-electron chi connectivity index (χ2n) is 6.76. The molecule has 6 heteroatoms. The van der Waals surface area contributed by atoms with E-state index in [-0.39, 0.29) is 0 Å². The Kier molecular flexibility index (Phi) is 7.25. The Morgan fingerprint density at radius 1 is 0.966 bits per heavy atom. The summed E-state index contributed by atoms with van der Waals surface area (Å²) in [6, 6.07) is 11.6. The summed E-state index contributed by atoms with van der Waals surface area (Å²) in [5.41, 5.74) is 1.38. The Hall–Kier alpha value is -2.86. The molecule has 0 unspecified atom stereocenters. The van der Waals surface area contributed by atoms with E-state index in [1.165, 1.54) is 6.07 Å². The summed E-state index contributed by atoms with van der Waals surface area (Å²) in [7, 11) is 0. The summed E-state index contributed by atoms with van der Waals surface area (Å²) in [6.07, 6.45) is 4.40. The van der Waals surface area contributed by atoms with Crippen LogP contribution in [-0.2, 0) is 0 Å². The number of para-hydroxylation sites is 1. The maximum atomic E-state index is 13.4. The van der Waals surface area contributed by atoms with Gasteiger partial charge in [0, 0.05) is 11.9 Å². The fourth-order valence-corrected chi connectivity index (χ4v) is 3.14. The zero-order valence-corrected chi connectivity index (χ0v) is 16.8. The number of rotatable bonds is 9. The first-order chi connectivity index (χ1) is 14.1. The van der Waals surface area contributed by atoms with Crippen LogP contribution in [0.2, 0.25) is 0 Å². The topological polar surface area (TPSA) is 41.0 Å². The number of hydrogen-bond donors (Lipinski definition) is 1. The number of anilines is 1. The Labute approximate surface area is 170 Å². The monoisotopic (exact) mass is 396 g/mol. The zero-order chi connectivity index (χ0) is 20.6. The van der Waals surface area contributed by atoms with E-state index >= 15 is 0 Å². The van der Waals surface area contributed by atoms with Crippen LogP contribution >= 0.6 is 0 Å². The summed E-state index contributed by atoms with van der Waals surface area (Å²) in [6.45, 7) is 8.27. The zero-order valence-electron chi connectivity index (χ0n) is 16.8. The van der Waals surface area contributed by atoms with Crippen molar-refractivity contribution in [3.8, 4) is 0 Å². The lowest BCUT2D eigenvalue weighted by Crippen LogP contribution is -2.25. The minimum Gasteiger partial charge on any atom is -0.369 e. The standard InChI is InChI=1S/C23H26F2N4/c1-3-29(4-2)15-7-14-26-23-18-8-5-6-9-21(18)27-22(28-23)13-11-17-10-12-19(24)20(25)16-17/h5-6,8-13,16H,3-4,7,14-15H2,1-2H3,(H,26,27,28)/b13-11+. The van der Waals surface area contributed by atoms with Gasteiger partial charge in [-0.1, -0.05) is 38.1 Å². The molecule has 0 atom stereocenters. The van der Waals surface area contributed by atoms with Gasteiger partial charge in [0.1, 0.15) is 5.82 Å². The van der Waals surface area contributed by atoms with Gasteiger partial charge in [-0.05, 0) is 62.0 Å². The van der Waals surface area contributed by atoms with Gasteiger partial charge >= 0.3 is 0 Å². The van der Waals surface area contributed by atoms with E-state index in [1.54, 1.807) is 12.2 Å². The maximum Gasteiger partial charge on any atom is 0.159 e. The molecule has 1 N–H and O–H groups in total. The summed E-state index contributed by atoms with van der Waals surface area (Å²) >= 11 is 0. The molecule has 0 radical (unpaired) electrons. The van der Waals surface area contributed by atoms with Crippen LogP contribution in [0.25, 0.3) is 23.1 Å². The molecule has 0 aliphatic heterocycles. The van der Waals surface area contributed by atoms with Crippen LogP contribution in [0.3, 0.4) is 0 Å². The van der Waals surface area contributed by atoms with Gasteiger partial charge < -0.3 is 10.2 Å². The Bertz CT molecular complexity index is 984. The second-order valence-corrected chi connectivity index (χ2v) is 6.76. The fourth-order valence-electron chi connectivity index (χ4n) is 3.14. The van der Waals surface area contributed by atoms with Crippen LogP contribution in [0.5, 0.6) is 0 Å². The summed E-state index contributed by atoms with van der Waals surface area (Å²) < 4.78 is 26.5. The normalized spacial score (nSPS) is 11.6. The molecule has 0 aliphatic carbocycles. The molecule has 0 aliphatic rings. The largest absolute Gasteiger partial charge is 0.369 e. The van der Waals surface area contributed by atoms with Crippen molar-refractivity contribution >= 4 is 28.9 Å². The van der Waals surface area contributed by atoms with Crippen LogP contribution < -0.4 is 5.32 Å². The highest BCUT2D eigenvalue weighted by Crippen LogP contribution is 2.21. The van der Waals surface area contributed by atoms with E-state index in [4.69, 9.17) is 0 Å². The van der Waals surface area contributed by atoms with Crippen molar-refractivity contribution in [3.05, 3.63) is 65.5 Å². The van der Waals surface area contributed by atoms with Crippen molar-refractivity contribution in [2.24, 2.45) is 0 Å². The molecule has 3 aromatic rings. The molecule has 1 heterocycles. The van der Waals surface area contributed by atoms with E-state index in [1.807, 2.05) is 24.3 Å². The molecular weight excluding hydrogens is 370 g/mol. The van der Waals surface area contributed by atoms with Gasteiger partial charge in [-0.2, -0.15) is 0 Å². The Morgan fingerprint density at radius 2 is 1.76 bits per heavy atom. The van der Waals surface area contributed by atoms with Gasteiger partial charge in [-0.15, -0.1) is 0 Å². The van der Waals surface area contributed by atoms with E-state index in [9.17, 15) is 8.78 Å². The van der Waals surface area contributed by atoms with Crippen molar-refractivity contribution in [1.82, 2.24) is 14.9 Å². The molecule has 152 valence electrons. The molecule has 4 nitrogen and oxygen atoms in total. The van der Waals surface area contributed by atoms with Gasteiger partial charge in [-0.3, -0.25) is 0 Å². The molecule has 0 amide bonds. The average molecular weight is 396 g/mol. The lowest BCUT2D eigenvalue weighted by atomic mass is 10.2. The number of hydrogen-bond acceptors (Lipinski definition) is 4. The maximum absolute atomic E-state index is 13.4. The van der Waals surface area contributed by atoms with E-state index < -0.39 is 11.6 Å². The van der Waals surface area contributed by atoms with Crippen molar-refractivity contribution in [2.75, 3.05) is 31.5 Å². The van der Waals surface area contributed by atoms with Gasteiger partial charge in [0.2, 0.25) is 0 Å². The van der Waals surface area contributed by atoms with Crippen molar-refractivity contribution in [2.45, 2.75) is 20.3 Å². The van der Waals surface area contributed by atoms with E-state index in [2.05, 4.69) is 34.0 Å². The molecule has 0 bridgehead atoms. The molecule has 2 aromatic carbocycles. The molecular formula is C23H26F2N4. The van der Waals surface area contributed by atoms with E-state index in [0.717, 1.165) is 61.5 Å². The predicted octanol–water partition coefficient (Wildman–Crippen LogP) is 5.22. The highest BCUT2D eigenvalue weighted by molar-refractivity contribution is 5.90. The summed E-state index contributed by atoms with van der Waals surface area (Å²) in [5, 5.41) is 4.38. The summed E-state index contributed by atoms with van der Waals surface area (Å²) in [4.78, 5) is 11.6. The first-order valence-corrected chi connectivity index (χ1v) is 9.96. The number of benzene rings is 2.